The molecule has 0 aliphatic heterocycles. The summed E-state index contributed by atoms with van der Waals surface area (Å²) in [7, 11) is 0. The van der Waals surface area contributed by atoms with Gasteiger partial charge in [0.2, 0.25) is 0 Å². The number of H-pyrrole nitrogens is 1. The molecule has 5 heteroatoms. The Bertz CT molecular complexity index is 592. The Morgan fingerprint density at radius 2 is 2.00 bits per heavy atom. The third-order valence-corrected chi connectivity index (χ3v) is 4.88. The topological polar surface area (TPSA) is 44.9 Å². The van der Waals surface area contributed by atoms with Crippen molar-refractivity contribution in [2.24, 2.45) is 0 Å². The van der Waals surface area contributed by atoms with Crippen LogP contribution >= 0.6 is 31.9 Å². The van der Waals surface area contributed by atoms with Crippen LogP contribution in [-0.4, -0.2) is 17.4 Å². The van der Waals surface area contributed by atoms with Crippen LogP contribution in [0.25, 0.3) is 10.9 Å². The molecule has 19 heavy (non-hydrogen) atoms. The number of carbonyl (C=O) groups excluding carboxylic acids is 1. The highest BCUT2D eigenvalue weighted by atomic mass is 79.9. The average Bonchev–Trinajstić information content (AvgIpc) is 2.78. The van der Waals surface area contributed by atoms with E-state index in [0.29, 0.717) is 5.56 Å². The number of carbonyl (C=O) groups is 1. The molecule has 1 aromatic heterocycles. The molecule has 102 valence electrons. The van der Waals surface area contributed by atoms with Crippen molar-refractivity contribution in [2.75, 3.05) is 6.54 Å². The predicted octanol–water partition coefficient (Wildman–Crippen LogP) is 4.61. The minimum absolute atomic E-state index is 0.0171. The molecule has 0 spiro atoms. The largest absolute Gasteiger partial charge is 0.360 e. The minimum atomic E-state index is -0.0171. The summed E-state index contributed by atoms with van der Waals surface area (Å²) in [5, 5.41) is 3.89. The van der Waals surface area contributed by atoms with Crippen molar-refractivity contribution in [1.82, 2.24) is 10.3 Å². The Hall–Kier alpha value is -0.810. The number of hydrogen-bond donors (Lipinski definition) is 2. The molecular formula is C14H16Br2N2O. The molecule has 3 nitrogen and oxygen atoms in total. The zero-order valence-electron chi connectivity index (χ0n) is 10.7. The van der Waals surface area contributed by atoms with Gasteiger partial charge in [-0.2, -0.15) is 0 Å². The summed E-state index contributed by atoms with van der Waals surface area (Å²) in [6.07, 6.45) is 5.09. The van der Waals surface area contributed by atoms with Gasteiger partial charge in [0.15, 0.2) is 0 Å². The van der Waals surface area contributed by atoms with E-state index in [0.717, 1.165) is 45.7 Å². The van der Waals surface area contributed by atoms with Crippen LogP contribution in [0.2, 0.25) is 0 Å². The first-order valence-corrected chi connectivity index (χ1v) is 7.96. The van der Waals surface area contributed by atoms with Gasteiger partial charge in [-0.15, -0.1) is 0 Å². The third-order valence-electron chi connectivity index (χ3n) is 3.03. The van der Waals surface area contributed by atoms with Gasteiger partial charge in [0, 0.05) is 32.6 Å². The minimum Gasteiger partial charge on any atom is -0.360 e. The van der Waals surface area contributed by atoms with Crippen molar-refractivity contribution in [2.45, 2.75) is 26.2 Å². The summed E-state index contributed by atoms with van der Waals surface area (Å²) in [6.45, 7) is 2.88. The molecule has 0 saturated carbocycles. The van der Waals surface area contributed by atoms with E-state index in [1.165, 1.54) is 0 Å². The molecule has 2 rings (SSSR count). The Balaban J connectivity index is 2.16. The van der Waals surface area contributed by atoms with E-state index in [1.807, 2.05) is 12.1 Å². The fourth-order valence-electron chi connectivity index (χ4n) is 1.98. The standard InChI is InChI=1S/C14H16Br2N2O/c1-2-3-4-5-17-14(19)10-8-18-13-7-12(16)11(15)6-9(10)13/h6-8,18H,2-5H2,1H3,(H,17,19). The van der Waals surface area contributed by atoms with Crippen molar-refractivity contribution in [3.8, 4) is 0 Å². The van der Waals surface area contributed by atoms with Gasteiger partial charge < -0.3 is 10.3 Å². The van der Waals surface area contributed by atoms with Crippen molar-refractivity contribution in [1.29, 1.82) is 0 Å². The number of nitrogens with one attached hydrogen (secondary N) is 2. The second kappa shape index (κ2) is 6.57. The van der Waals surface area contributed by atoms with Crippen LogP contribution < -0.4 is 5.32 Å². The Morgan fingerprint density at radius 3 is 2.74 bits per heavy atom. The third kappa shape index (κ3) is 3.39. The summed E-state index contributed by atoms with van der Waals surface area (Å²) in [4.78, 5) is 15.2. The maximum absolute atomic E-state index is 12.1. The zero-order chi connectivity index (χ0) is 13.8. The smallest absolute Gasteiger partial charge is 0.253 e. The summed E-state index contributed by atoms with van der Waals surface area (Å²) < 4.78 is 1.91. The number of unbranched alkanes of at least 4 members (excludes halogenated alkanes) is 2. The molecule has 0 saturated heterocycles. The molecule has 0 aliphatic rings. The fourth-order valence-corrected chi connectivity index (χ4v) is 2.66. The van der Waals surface area contributed by atoms with Gasteiger partial charge in [-0.3, -0.25) is 4.79 Å². The van der Waals surface area contributed by atoms with Crippen LogP contribution in [-0.2, 0) is 0 Å². The lowest BCUT2D eigenvalue weighted by Gasteiger charge is -2.04. The molecule has 1 amide bonds. The van der Waals surface area contributed by atoms with E-state index in [9.17, 15) is 4.79 Å². The highest BCUT2D eigenvalue weighted by molar-refractivity contribution is 9.13. The highest BCUT2D eigenvalue weighted by Gasteiger charge is 2.12. The lowest BCUT2D eigenvalue weighted by molar-refractivity contribution is 0.0954. The number of rotatable bonds is 5. The lowest BCUT2D eigenvalue weighted by Crippen LogP contribution is -2.24. The first-order chi connectivity index (χ1) is 9.13. The molecule has 1 aromatic carbocycles. The van der Waals surface area contributed by atoms with Crippen LogP contribution in [0.5, 0.6) is 0 Å². The van der Waals surface area contributed by atoms with Crippen LogP contribution in [0.15, 0.2) is 27.3 Å². The van der Waals surface area contributed by atoms with Gasteiger partial charge in [-0.05, 0) is 50.4 Å². The van der Waals surface area contributed by atoms with Crippen LogP contribution in [0, 0.1) is 0 Å². The molecule has 1 heterocycles. The first-order valence-electron chi connectivity index (χ1n) is 6.37. The zero-order valence-corrected chi connectivity index (χ0v) is 13.9. The van der Waals surface area contributed by atoms with E-state index < -0.39 is 0 Å². The van der Waals surface area contributed by atoms with Crippen LogP contribution in [0.1, 0.15) is 36.5 Å². The number of halogens is 2. The molecule has 2 N–H and O–H groups in total. The first kappa shape index (κ1) is 14.6. The van der Waals surface area contributed by atoms with Gasteiger partial charge in [0.05, 0.1) is 5.56 Å². The number of benzene rings is 1. The Kier molecular flexibility index (Phi) is 5.05. The number of hydrogen-bond acceptors (Lipinski definition) is 1. The van der Waals surface area contributed by atoms with Gasteiger partial charge in [-0.25, -0.2) is 0 Å². The maximum atomic E-state index is 12.1. The van der Waals surface area contributed by atoms with E-state index in [-0.39, 0.29) is 5.91 Å². The van der Waals surface area contributed by atoms with Crippen LogP contribution in [0.4, 0.5) is 0 Å². The van der Waals surface area contributed by atoms with Crippen molar-refractivity contribution in [3.05, 3.63) is 32.8 Å². The molecule has 0 radical (unpaired) electrons. The van der Waals surface area contributed by atoms with E-state index in [4.69, 9.17) is 0 Å². The Labute approximate surface area is 129 Å². The fraction of sp³-hybridized carbons (Fsp3) is 0.357. The molecule has 0 unspecified atom stereocenters. The van der Waals surface area contributed by atoms with Gasteiger partial charge >= 0.3 is 0 Å². The SMILES string of the molecule is CCCCCNC(=O)c1c[nH]c2cc(Br)c(Br)cc12. The van der Waals surface area contributed by atoms with Gasteiger partial charge in [0.1, 0.15) is 0 Å². The van der Waals surface area contributed by atoms with E-state index in [1.54, 1.807) is 6.20 Å². The van der Waals surface area contributed by atoms with Crippen LogP contribution in [0.3, 0.4) is 0 Å². The second-order valence-corrected chi connectivity index (χ2v) is 6.19. The van der Waals surface area contributed by atoms with Gasteiger partial charge in [0.25, 0.3) is 5.91 Å². The molecule has 0 bridgehead atoms. The predicted molar refractivity (Wildman–Crippen MR) is 85.6 cm³/mol. The molecular weight excluding hydrogens is 372 g/mol. The van der Waals surface area contributed by atoms with Gasteiger partial charge in [-0.1, -0.05) is 19.8 Å². The summed E-state index contributed by atoms with van der Waals surface area (Å²) in [5.41, 5.74) is 1.65. The number of aromatic nitrogens is 1. The monoisotopic (exact) mass is 386 g/mol. The number of aromatic amines is 1. The molecule has 0 fully saturated rings. The second-order valence-electron chi connectivity index (χ2n) is 4.48. The van der Waals surface area contributed by atoms with E-state index >= 15 is 0 Å². The maximum Gasteiger partial charge on any atom is 0.253 e. The average molecular weight is 388 g/mol. The van der Waals surface area contributed by atoms with Crippen molar-refractivity contribution in [3.63, 3.8) is 0 Å². The number of amides is 1. The normalized spacial score (nSPS) is 10.9. The lowest BCUT2D eigenvalue weighted by atomic mass is 10.1. The molecule has 0 aliphatic carbocycles. The summed E-state index contributed by atoms with van der Waals surface area (Å²) in [6, 6.07) is 3.92. The Morgan fingerprint density at radius 1 is 1.26 bits per heavy atom. The van der Waals surface area contributed by atoms with Crippen molar-refractivity contribution < 1.29 is 4.79 Å². The quantitative estimate of drug-likeness (QED) is 0.722. The summed E-state index contributed by atoms with van der Waals surface area (Å²) >= 11 is 6.92. The molecule has 2 aromatic rings. The van der Waals surface area contributed by atoms with E-state index in [2.05, 4.69) is 49.1 Å². The molecule has 0 atom stereocenters. The number of fused-ring (bicyclic) bond motifs is 1. The van der Waals surface area contributed by atoms with Crippen molar-refractivity contribution >= 4 is 48.7 Å². The highest BCUT2D eigenvalue weighted by Crippen LogP contribution is 2.29. The summed E-state index contributed by atoms with van der Waals surface area (Å²) in [5.74, 6) is -0.0171.